The van der Waals surface area contributed by atoms with E-state index >= 15 is 0 Å². The third-order valence-corrected chi connectivity index (χ3v) is 3.46. The Morgan fingerprint density at radius 1 is 1.30 bits per heavy atom. The number of hydrogen-bond acceptors (Lipinski definition) is 3. The summed E-state index contributed by atoms with van der Waals surface area (Å²) in [5.74, 6) is -1.06. The van der Waals surface area contributed by atoms with E-state index in [1.165, 1.54) is 0 Å². The van der Waals surface area contributed by atoms with Crippen LogP contribution in [-0.4, -0.2) is 31.9 Å². The van der Waals surface area contributed by atoms with Gasteiger partial charge in [-0.2, -0.15) is 0 Å². The van der Waals surface area contributed by atoms with Gasteiger partial charge in [0.1, 0.15) is 11.6 Å². The fourth-order valence-corrected chi connectivity index (χ4v) is 2.07. The molecule has 110 valence electrons. The molecule has 20 heavy (non-hydrogen) atoms. The Balaban J connectivity index is 2.81. The lowest BCUT2D eigenvalue weighted by atomic mass is 10.1. The molecule has 0 aliphatic carbocycles. The number of carbonyl (C=O) groups is 2. The molecule has 6 heteroatoms. The third-order valence-electron chi connectivity index (χ3n) is 2.40. The van der Waals surface area contributed by atoms with Crippen LogP contribution in [0.15, 0.2) is 30.3 Å². The number of nitrogens with zero attached hydrogens (tertiary/aromatic N) is 1. The number of hydrogen-bond donors (Lipinski definition) is 1. The lowest BCUT2D eigenvalue weighted by molar-refractivity contribution is -0.140. The van der Waals surface area contributed by atoms with Gasteiger partial charge < -0.3 is 9.84 Å². The Morgan fingerprint density at radius 3 is 2.30 bits per heavy atom. The molecule has 0 aliphatic heterocycles. The lowest BCUT2D eigenvalue weighted by Gasteiger charge is -2.26. The number of carbonyl (C=O) groups excluding carboxylic acids is 1. The van der Waals surface area contributed by atoms with Gasteiger partial charge in [0.25, 0.3) is 0 Å². The normalized spacial score (nSPS) is 12.6. The van der Waals surface area contributed by atoms with Gasteiger partial charge in [-0.25, -0.2) is 12.7 Å². The predicted octanol–water partition coefficient (Wildman–Crippen LogP) is 3.27. The zero-order valence-electron chi connectivity index (χ0n) is 11.7. The van der Waals surface area contributed by atoms with Crippen LogP contribution in [0.4, 0.5) is 4.79 Å². The highest BCUT2D eigenvalue weighted by atomic mass is 127. The molecule has 0 aromatic heterocycles. The van der Waals surface area contributed by atoms with Gasteiger partial charge in [0, 0.05) is 6.42 Å². The van der Waals surface area contributed by atoms with Crippen LogP contribution in [-0.2, 0) is 16.0 Å². The molecule has 0 fully saturated rings. The van der Waals surface area contributed by atoms with Crippen LogP contribution >= 0.6 is 22.9 Å². The van der Waals surface area contributed by atoms with Crippen molar-refractivity contribution in [2.24, 2.45) is 0 Å². The van der Waals surface area contributed by atoms with Crippen molar-refractivity contribution < 1.29 is 19.4 Å². The van der Waals surface area contributed by atoms with Crippen molar-refractivity contribution in [3.05, 3.63) is 35.9 Å². The van der Waals surface area contributed by atoms with E-state index in [4.69, 9.17) is 4.74 Å². The van der Waals surface area contributed by atoms with Crippen molar-refractivity contribution in [3.63, 3.8) is 0 Å². The standard InChI is InChI=1S/C14H18INO4/c1-14(2,3)20-13(19)16(15)11(12(17)18)9-10-7-5-4-6-8-10/h4-8,11H,9H2,1-3H3,(H,17,18)/t11-/m0/s1. The minimum Gasteiger partial charge on any atom is -0.480 e. The molecule has 0 heterocycles. The Kier molecular flexibility index (Phi) is 5.79. The molecule has 5 nitrogen and oxygen atoms in total. The highest BCUT2D eigenvalue weighted by Crippen LogP contribution is 2.18. The first-order valence-corrected chi connectivity index (χ1v) is 7.12. The van der Waals surface area contributed by atoms with Crippen molar-refractivity contribution in [1.82, 2.24) is 3.11 Å². The monoisotopic (exact) mass is 391 g/mol. The number of amides is 1. The van der Waals surface area contributed by atoms with Crippen LogP contribution in [0.5, 0.6) is 0 Å². The summed E-state index contributed by atoms with van der Waals surface area (Å²) in [4.78, 5) is 23.3. The van der Waals surface area contributed by atoms with Gasteiger partial charge in [-0.1, -0.05) is 30.3 Å². The largest absolute Gasteiger partial charge is 0.480 e. The molecule has 1 N–H and O–H groups in total. The van der Waals surface area contributed by atoms with Crippen LogP contribution in [0.25, 0.3) is 0 Å². The van der Waals surface area contributed by atoms with Gasteiger partial charge in [-0.3, -0.25) is 0 Å². The van der Waals surface area contributed by atoms with Gasteiger partial charge >= 0.3 is 12.1 Å². The summed E-state index contributed by atoms with van der Waals surface area (Å²) in [5.41, 5.74) is 0.196. The van der Waals surface area contributed by atoms with Crippen molar-refractivity contribution in [3.8, 4) is 0 Å². The Morgan fingerprint density at radius 2 is 1.85 bits per heavy atom. The summed E-state index contributed by atoms with van der Waals surface area (Å²) in [6.45, 7) is 5.22. The van der Waals surface area contributed by atoms with Crippen molar-refractivity contribution in [2.75, 3.05) is 0 Å². The van der Waals surface area contributed by atoms with Crippen LogP contribution in [0.1, 0.15) is 26.3 Å². The quantitative estimate of drug-likeness (QED) is 0.632. The van der Waals surface area contributed by atoms with E-state index in [9.17, 15) is 14.7 Å². The molecule has 0 radical (unpaired) electrons. The summed E-state index contributed by atoms with van der Waals surface area (Å²) < 4.78 is 6.28. The van der Waals surface area contributed by atoms with E-state index in [1.54, 1.807) is 43.6 Å². The summed E-state index contributed by atoms with van der Waals surface area (Å²) in [7, 11) is 0. The van der Waals surface area contributed by atoms with Gasteiger partial charge in [-0.05, 0) is 26.3 Å². The fourth-order valence-electron chi connectivity index (χ4n) is 1.53. The smallest absolute Gasteiger partial charge is 0.419 e. The molecule has 1 atom stereocenters. The molecule has 0 saturated carbocycles. The highest BCUT2D eigenvalue weighted by molar-refractivity contribution is 14.1. The molecular formula is C14H18INO4. The summed E-state index contributed by atoms with van der Waals surface area (Å²) in [5, 5.41) is 9.30. The lowest BCUT2D eigenvalue weighted by Crippen LogP contribution is -2.42. The zero-order chi connectivity index (χ0) is 15.3. The molecule has 0 saturated heterocycles. The molecule has 0 bridgehead atoms. The second kappa shape index (κ2) is 6.92. The second-order valence-electron chi connectivity index (χ2n) is 5.34. The first-order chi connectivity index (χ1) is 9.20. The Labute approximate surface area is 132 Å². The topological polar surface area (TPSA) is 66.8 Å². The van der Waals surface area contributed by atoms with E-state index in [-0.39, 0.29) is 6.42 Å². The fraction of sp³-hybridized carbons (Fsp3) is 0.429. The van der Waals surface area contributed by atoms with Crippen molar-refractivity contribution >= 4 is 34.9 Å². The van der Waals surface area contributed by atoms with Crippen molar-refractivity contribution in [1.29, 1.82) is 0 Å². The van der Waals surface area contributed by atoms with Crippen molar-refractivity contribution in [2.45, 2.75) is 38.8 Å². The molecule has 1 aromatic rings. The highest BCUT2D eigenvalue weighted by Gasteiger charge is 2.31. The number of aliphatic carboxylic acids is 1. The second-order valence-corrected chi connectivity index (χ2v) is 6.37. The Bertz CT molecular complexity index is 470. The summed E-state index contributed by atoms with van der Waals surface area (Å²) in [6.07, 6.45) is -0.417. The number of carboxylic acids is 1. The Hall–Kier alpha value is -1.31. The summed E-state index contributed by atoms with van der Waals surface area (Å²) >= 11 is 1.69. The van der Waals surface area contributed by atoms with Crippen LogP contribution in [0, 0.1) is 0 Å². The molecule has 1 amide bonds. The van der Waals surface area contributed by atoms with E-state index in [0.29, 0.717) is 0 Å². The number of halogens is 1. The maximum Gasteiger partial charge on any atom is 0.419 e. The summed E-state index contributed by atoms with van der Waals surface area (Å²) in [6, 6.07) is 8.21. The molecule has 0 aliphatic rings. The molecular weight excluding hydrogens is 373 g/mol. The average molecular weight is 391 g/mol. The molecule has 1 rings (SSSR count). The van der Waals surface area contributed by atoms with E-state index in [0.717, 1.165) is 8.68 Å². The van der Waals surface area contributed by atoms with Crippen LogP contribution in [0.2, 0.25) is 0 Å². The zero-order valence-corrected chi connectivity index (χ0v) is 13.8. The van der Waals surface area contributed by atoms with Gasteiger partial charge in [-0.15, -0.1) is 0 Å². The number of rotatable bonds is 4. The molecule has 0 spiro atoms. The average Bonchev–Trinajstić information content (AvgIpc) is 2.34. The molecule has 0 unspecified atom stereocenters. The maximum absolute atomic E-state index is 11.9. The minimum atomic E-state index is -1.06. The number of benzene rings is 1. The van der Waals surface area contributed by atoms with Crippen LogP contribution in [0.3, 0.4) is 0 Å². The van der Waals surface area contributed by atoms with Gasteiger partial charge in [0.05, 0.1) is 22.9 Å². The van der Waals surface area contributed by atoms with Crippen LogP contribution < -0.4 is 0 Å². The maximum atomic E-state index is 11.9. The first-order valence-electron chi connectivity index (χ1n) is 6.15. The number of carboxylic acid groups (broad SMARTS) is 1. The first kappa shape index (κ1) is 16.7. The predicted molar refractivity (Wildman–Crippen MR) is 83.7 cm³/mol. The van der Waals surface area contributed by atoms with Gasteiger partial charge in [0.2, 0.25) is 0 Å². The minimum absolute atomic E-state index is 0.234. The van der Waals surface area contributed by atoms with E-state index in [1.807, 2.05) is 30.3 Å². The third kappa shape index (κ3) is 5.36. The van der Waals surface area contributed by atoms with E-state index in [2.05, 4.69) is 0 Å². The van der Waals surface area contributed by atoms with Gasteiger partial charge in [0.15, 0.2) is 0 Å². The van der Waals surface area contributed by atoms with E-state index < -0.39 is 23.7 Å². The SMILES string of the molecule is CC(C)(C)OC(=O)N(I)[C@@H](Cc1ccccc1)C(=O)O. The number of ether oxygens (including phenoxy) is 1. The molecule has 1 aromatic carbocycles.